The number of nitro groups is 1. The summed E-state index contributed by atoms with van der Waals surface area (Å²) < 4.78 is 1.38. The molecule has 1 saturated carbocycles. The molecule has 0 spiro atoms. The van der Waals surface area contributed by atoms with Gasteiger partial charge in [0.15, 0.2) is 0 Å². The van der Waals surface area contributed by atoms with Crippen LogP contribution >= 0.6 is 0 Å². The van der Waals surface area contributed by atoms with Gasteiger partial charge in [-0.25, -0.2) is 14.6 Å². The molecule has 92 valence electrons. The Morgan fingerprint density at radius 3 is 2.89 bits per heavy atom. The van der Waals surface area contributed by atoms with Gasteiger partial charge in [-0.15, -0.1) is 0 Å². The van der Waals surface area contributed by atoms with E-state index in [0.717, 1.165) is 18.5 Å². The Kier molecular flexibility index (Phi) is 2.22. The lowest BCUT2D eigenvalue weighted by molar-refractivity contribution is -0.384. The van der Waals surface area contributed by atoms with E-state index in [0.29, 0.717) is 5.92 Å². The first kappa shape index (κ1) is 10.6. The highest BCUT2D eigenvalue weighted by Crippen LogP contribution is 2.39. The smallest absolute Gasteiger partial charge is 0.355 e. The first-order valence-corrected chi connectivity index (χ1v) is 5.47. The summed E-state index contributed by atoms with van der Waals surface area (Å²) in [5, 5.41) is 15.3. The van der Waals surface area contributed by atoms with Gasteiger partial charge in [0.25, 0.3) is 0 Å². The third kappa shape index (κ3) is 1.67. The molecule has 2 aromatic rings. The van der Waals surface area contributed by atoms with Crippen LogP contribution in [0.2, 0.25) is 0 Å². The average molecular weight is 246 g/mol. The van der Waals surface area contributed by atoms with E-state index >= 15 is 0 Å². The van der Waals surface area contributed by atoms with Crippen LogP contribution < -0.4 is 5.73 Å². The highest BCUT2D eigenvalue weighted by molar-refractivity contribution is 5.61. The van der Waals surface area contributed by atoms with Crippen molar-refractivity contribution in [3.05, 3.63) is 34.4 Å². The molecule has 0 aliphatic heterocycles. The Bertz CT molecular complexity index is 619. The van der Waals surface area contributed by atoms with Gasteiger partial charge in [-0.1, -0.05) is 0 Å². The van der Waals surface area contributed by atoms with E-state index in [9.17, 15) is 10.1 Å². The molecule has 8 nitrogen and oxygen atoms in total. The van der Waals surface area contributed by atoms with Crippen LogP contribution in [0.4, 0.5) is 11.5 Å². The highest BCUT2D eigenvalue weighted by Gasteiger charge is 2.28. The van der Waals surface area contributed by atoms with Gasteiger partial charge in [0.1, 0.15) is 6.33 Å². The predicted octanol–water partition coefficient (Wildman–Crippen LogP) is 1.03. The van der Waals surface area contributed by atoms with Crippen molar-refractivity contribution in [1.82, 2.24) is 19.7 Å². The molecule has 1 aliphatic rings. The van der Waals surface area contributed by atoms with Crippen LogP contribution in [0.1, 0.15) is 24.5 Å². The minimum absolute atomic E-state index is 0.0967. The first-order chi connectivity index (χ1) is 8.66. The third-order valence-corrected chi connectivity index (χ3v) is 2.84. The standard InChI is InChI=1S/C10H10N6O2/c11-9-8(16(17)18)10(13-5-12-9)15-4-3-7(14-15)6-1-2-6/h3-6H,1-2H2,(H2,11,12,13). The van der Waals surface area contributed by atoms with E-state index in [1.54, 1.807) is 6.20 Å². The second-order valence-corrected chi connectivity index (χ2v) is 4.15. The molecule has 2 N–H and O–H groups in total. The topological polar surface area (TPSA) is 113 Å². The second-order valence-electron chi connectivity index (χ2n) is 4.15. The molecule has 0 aromatic carbocycles. The number of nitrogen functional groups attached to an aromatic ring is 1. The Morgan fingerprint density at radius 1 is 1.44 bits per heavy atom. The van der Waals surface area contributed by atoms with Crippen molar-refractivity contribution < 1.29 is 4.92 Å². The summed E-state index contributed by atoms with van der Waals surface area (Å²) >= 11 is 0. The number of nitrogens with two attached hydrogens (primary N) is 1. The second kappa shape index (κ2) is 3.76. The van der Waals surface area contributed by atoms with Crippen LogP contribution in [0.25, 0.3) is 5.82 Å². The summed E-state index contributed by atoms with van der Waals surface area (Å²) in [6, 6.07) is 1.85. The van der Waals surface area contributed by atoms with Crippen molar-refractivity contribution in [3.8, 4) is 5.82 Å². The molecule has 2 heterocycles. The average Bonchev–Trinajstić information content (AvgIpc) is 3.06. The molecule has 8 heteroatoms. The van der Waals surface area contributed by atoms with Gasteiger partial charge in [0, 0.05) is 12.1 Å². The van der Waals surface area contributed by atoms with Crippen LogP contribution in [0.5, 0.6) is 0 Å². The summed E-state index contributed by atoms with van der Waals surface area (Å²) in [6.45, 7) is 0. The summed E-state index contributed by atoms with van der Waals surface area (Å²) in [4.78, 5) is 17.9. The normalized spacial score (nSPS) is 14.7. The minimum Gasteiger partial charge on any atom is -0.378 e. The third-order valence-electron chi connectivity index (χ3n) is 2.84. The van der Waals surface area contributed by atoms with Crippen molar-refractivity contribution in [1.29, 1.82) is 0 Å². The number of anilines is 1. The lowest BCUT2D eigenvalue weighted by Gasteiger charge is -2.02. The molecule has 1 aliphatic carbocycles. The Balaban J connectivity index is 2.09. The Labute approximate surface area is 102 Å². The maximum Gasteiger partial charge on any atom is 0.355 e. The number of nitrogens with zero attached hydrogens (tertiary/aromatic N) is 5. The largest absolute Gasteiger partial charge is 0.378 e. The van der Waals surface area contributed by atoms with Gasteiger partial charge in [-0.3, -0.25) is 10.1 Å². The van der Waals surface area contributed by atoms with Gasteiger partial charge in [0.05, 0.1) is 10.6 Å². The zero-order valence-corrected chi connectivity index (χ0v) is 9.35. The van der Waals surface area contributed by atoms with Gasteiger partial charge < -0.3 is 5.73 Å². The van der Waals surface area contributed by atoms with Crippen molar-refractivity contribution in [3.63, 3.8) is 0 Å². The lowest BCUT2D eigenvalue weighted by Crippen LogP contribution is -2.08. The van der Waals surface area contributed by atoms with Crippen LogP contribution in [0.15, 0.2) is 18.6 Å². The van der Waals surface area contributed by atoms with Gasteiger partial charge >= 0.3 is 5.69 Å². The minimum atomic E-state index is -0.594. The summed E-state index contributed by atoms with van der Waals surface area (Å²) in [7, 11) is 0. The lowest BCUT2D eigenvalue weighted by atomic mass is 10.3. The van der Waals surface area contributed by atoms with Crippen LogP contribution in [0.3, 0.4) is 0 Å². The van der Waals surface area contributed by atoms with E-state index in [1.807, 2.05) is 6.07 Å². The highest BCUT2D eigenvalue weighted by atomic mass is 16.6. The number of hydrogen-bond acceptors (Lipinski definition) is 6. The molecule has 1 fully saturated rings. The van der Waals surface area contributed by atoms with E-state index in [1.165, 1.54) is 11.0 Å². The molecule has 0 atom stereocenters. The Morgan fingerprint density at radius 2 is 2.22 bits per heavy atom. The van der Waals surface area contributed by atoms with E-state index in [-0.39, 0.29) is 17.3 Å². The van der Waals surface area contributed by atoms with Crippen LogP contribution in [0, 0.1) is 10.1 Å². The molecule has 0 bridgehead atoms. The quantitative estimate of drug-likeness (QED) is 0.639. The molecule has 0 radical (unpaired) electrons. The van der Waals surface area contributed by atoms with Crippen LogP contribution in [-0.4, -0.2) is 24.7 Å². The fraction of sp³-hybridized carbons (Fsp3) is 0.300. The summed E-state index contributed by atoms with van der Waals surface area (Å²) in [5.41, 5.74) is 6.12. The van der Waals surface area contributed by atoms with E-state index in [2.05, 4.69) is 15.1 Å². The number of rotatable bonds is 3. The summed E-state index contributed by atoms with van der Waals surface area (Å²) in [6.07, 6.45) is 5.08. The molecule has 3 rings (SSSR count). The maximum absolute atomic E-state index is 11.0. The predicted molar refractivity (Wildman–Crippen MR) is 62.2 cm³/mol. The molecule has 0 amide bonds. The molecule has 2 aromatic heterocycles. The van der Waals surface area contributed by atoms with Crippen LogP contribution in [-0.2, 0) is 0 Å². The van der Waals surface area contributed by atoms with E-state index < -0.39 is 4.92 Å². The number of hydrogen-bond donors (Lipinski definition) is 1. The zero-order valence-electron chi connectivity index (χ0n) is 9.35. The van der Waals surface area contributed by atoms with Gasteiger partial charge in [-0.2, -0.15) is 5.10 Å². The molecular weight excluding hydrogens is 236 g/mol. The first-order valence-electron chi connectivity index (χ1n) is 5.47. The maximum atomic E-state index is 11.0. The fourth-order valence-corrected chi connectivity index (χ4v) is 1.78. The molecule has 0 saturated heterocycles. The van der Waals surface area contributed by atoms with E-state index in [4.69, 9.17) is 5.73 Å². The fourth-order valence-electron chi connectivity index (χ4n) is 1.78. The van der Waals surface area contributed by atoms with Crippen molar-refractivity contribution >= 4 is 11.5 Å². The van der Waals surface area contributed by atoms with Crippen molar-refractivity contribution in [2.45, 2.75) is 18.8 Å². The van der Waals surface area contributed by atoms with Gasteiger partial charge in [-0.05, 0) is 18.9 Å². The zero-order chi connectivity index (χ0) is 12.7. The molecule has 18 heavy (non-hydrogen) atoms. The van der Waals surface area contributed by atoms with Crippen molar-refractivity contribution in [2.24, 2.45) is 0 Å². The summed E-state index contributed by atoms with van der Waals surface area (Å²) in [5.74, 6) is 0.414. The Hall–Kier alpha value is -2.51. The monoisotopic (exact) mass is 246 g/mol. The number of aromatic nitrogens is 4. The molecular formula is C10H10N6O2. The van der Waals surface area contributed by atoms with Crippen molar-refractivity contribution in [2.75, 3.05) is 5.73 Å². The molecule has 0 unspecified atom stereocenters. The SMILES string of the molecule is Nc1ncnc(-n2ccc(C3CC3)n2)c1[N+](=O)[O-]. The van der Waals surface area contributed by atoms with Gasteiger partial charge in [0.2, 0.25) is 11.6 Å².